The minimum absolute atomic E-state index is 0.0447. The topological polar surface area (TPSA) is 80.2 Å². The van der Waals surface area contributed by atoms with Crippen molar-refractivity contribution >= 4 is 29.0 Å². The quantitative estimate of drug-likeness (QED) is 0.378. The third-order valence-corrected chi connectivity index (χ3v) is 6.11. The SMILES string of the molecule is CN(C)Cc1ccc(-c2cnc(N)c(-c3nn(CCO)cc3-c3cccc(Cl)c3Cl)c2)cc1. The van der Waals surface area contributed by atoms with Gasteiger partial charge in [0.2, 0.25) is 0 Å². The minimum atomic E-state index is -0.0447. The highest BCUT2D eigenvalue weighted by Crippen LogP contribution is 2.40. The first-order valence-corrected chi connectivity index (χ1v) is 11.3. The van der Waals surface area contributed by atoms with Crippen molar-refractivity contribution in [1.82, 2.24) is 19.7 Å². The van der Waals surface area contributed by atoms with E-state index in [0.717, 1.165) is 28.8 Å². The summed E-state index contributed by atoms with van der Waals surface area (Å²) in [7, 11) is 4.09. The van der Waals surface area contributed by atoms with Crippen LogP contribution >= 0.6 is 23.2 Å². The summed E-state index contributed by atoms with van der Waals surface area (Å²) >= 11 is 12.8. The number of aliphatic hydroxyl groups excluding tert-OH is 1. The van der Waals surface area contributed by atoms with Crippen LogP contribution in [0.15, 0.2) is 60.9 Å². The minimum Gasteiger partial charge on any atom is -0.394 e. The van der Waals surface area contributed by atoms with Crippen LogP contribution in [0.1, 0.15) is 5.56 Å². The van der Waals surface area contributed by atoms with E-state index < -0.39 is 0 Å². The lowest BCUT2D eigenvalue weighted by molar-refractivity contribution is 0.269. The van der Waals surface area contributed by atoms with Crippen LogP contribution in [-0.4, -0.2) is 45.5 Å². The second-order valence-electron chi connectivity index (χ2n) is 8.07. The maximum Gasteiger partial charge on any atom is 0.132 e. The van der Waals surface area contributed by atoms with Gasteiger partial charge in [-0.05, 0) is 37.4 Å². The Morgan fingerprint density at radius 2 is 1.76 bits per heavy atom. The van der Waals surface area contributed by atoms with Crippen LogP contribution in [0.4, 0.5) is 5.82 Å². The van der Waals surface area contributed by atoms with Crippen LogP contribution in [0.5, 0.6) is 0 Å². The number of aliphatic hydroxyl groups is 1. The number of benzene rings is 2. The third-order valence-electron chi connectivity index (χ3n) is 5.29. The highest BCUT2D eigenvalue weighted by Gasteiger charge is 2.19. The number of rotatable bonds is 7. The predicted molar refractivity (Wildman–Crippen MR) is 135 cm³/mol. The third kappa shape index (κ3) is 5.04. The summed E-state index contributed by atoms with van der Waals surface area (Å²) in [6.07, 6.45) is 3.60. The first kappa shape index (κ1) is 23.3. The maximum atomic E-state index is 9.44. The molecule has 3 N–H and O–H groups in total. The molecule has 2 heterocycles. The molecule has 0 aliphatic heterocycles. The summed E-state index contributed by atoms with van der Waals surface area (Å²) in [5, 5.41) is 15.0. The van der Waals surface area contributed by atoms with Gasteiger partial charge in [-0.3, -0.25) is 4.68 Å². The fourth-order valence-electron chi connectivity index (χ4n) is 3.74. The van der Waals surface area contributed by atoms with Gasteiger partial charge in [0.15, 0.2) is 0 Å². The van der Waals surface area contributed by atoms with Crippen molar-refractivity contribution in [3.05, 3.63) is 76.5 Å². The number of anilines is 1. The molecule has 0 aliphatic carbocycles. The maximum absolute atomic E-state index is 9.44. The summed E-state index contributed by atoms with van der Waals surface area (Å²) < 4.78 is 1.67. The molecule has 4 rings (SSSR count). The van der Waals surface area contributed by atoms with Crippen molar-refractivity contribution in [2.45, 2.75) is 13.1 Å². The monoisotopic (exact) mass is 481 g/mol. The summed E-state index contributed by atoms with van der Waals surface area (Å²) in [6, 6.07) is 15.8. The first-order valence-electron chi connectivity index (χ1n) is 10.5. The van der Waals surface area contributed by atoms with Crippen molar-refractivity contribution in [3.8, 4) is 33.5 Å². The molecule has 0 radical (unpaired) electrons. The highest BCUT2D eigenvalue weighted by atomic mass is 35.5. The molecular formula is C25H25Cl2N5O. The van der Waals surface area contributed by atoms with E-state index in [1.165, 1.54) is 5.56 Å². The summed E-state index contributed by atoms with van der Waals surface area (Å²) in [5.74, 6) is 0.358. The van der Waals surface area contributed by atoms with E-state index in [-0.39, 0.29) is 6.61 Å². The normalized spacial score (nSPS) is 11.3. The van der Waals surface area contributed by atoms with Crippen LogP contribution in [0.25, 0.3) is 33.5 Å². The molecule has 4 aromatic rings. The molecule has 0 unspecified atom stereocenters. The van der Waals surface area contributed by atoms with E-state index in [2.05, 4.69) is 39.2 Å². The molecule has 2 aromatic carbocycles. The molecular weight excluding hydrogens is 457 g/mol. The van der Waals surface area contributed by atoms with Gasteiger partial charge in [-0.15, -0.1) is 0 Å². The van der Waals surface area contributed by atoms with Crippen molar-refractivity contribution in [1.29, 1.82) is 0 Å². The molecule has 33 heavy (non-hydrogen) atoms. The van der Waals surface area contributed by atoms with E-state index in [0.29, 0.717) is 33.7 Å². The van der Waals surface area contributed by atoms with Crippen LogP contribution in [-0.2, 0) is 13.1 Å². The Labute approximate surface area is 203 Å². The summed E-state index contributed by atoms with van der Waals surface area (Å²) in [5.41, 5.74) is 12.3. The predicted octanol–water partition coefficient (Wildman–Crippen LogP) is 5.22. The van der Waals surface area contributed by atoms with Crippen molar-refractivity contribution in [2.75, 3.05) is 26.4 Å². The fourth-order valence-corrected chi connectivity index (χ4v) is 4.14. The Morgan fingerprint density at radius 3 is 2.45 bits per heavy atom. The van der Waals surface area contributed by atoms with E-state index >= 15 is 0 Å². The lowest BCUT2D eigenvalue weighted by Gasteiger charge is -2.12. The van der Waals surface area contributed by atoms with Gasteiger partial charge in [-0.25, -0.2) is 4.98 Å². The Morgan fingerprint density at radius 1 is 1.00 bits per heavy atom. The van der Waals surface area contributed by atoms with E-state index in [1.54, 1.807) is 16.9 Å². The lowest BCUT2D eigenvalue weighted by Crippen LogP contribution is -2.10. The van der Waals surface area contributed by atoms with Gasteiger partial charge >= 0.3 is 0 Å². The van der Waals surface area contributed by atoms with Gasteiger partial charge in [0, 0.05) is 41.2 Å². The lowest BCUT2D eigenvalue weighted by atomic mass is 9.99. The number of aromatic nitrogens is 3. The van der Waals surface area contributed by atoms with Gasteiger partial charge in [-0.2, -0.15) is 5.10 Å². The second-order valence-corrected chi connectivity index (χ2v) is 8.86. The average Bonchev–Trinajstić information content (AvgIpc) is 3.20. The Bertz CT molecular complexity index is 1270. The Kier molecular flexibility index (Phi) is 7.00. The van der Waals surface area contributed by atoms with Crippen LogP contribution in [0.2, 0.25) is 10.0 Å². The average molecular weight is 482 g/mol. The standard InChI is InChI=1S/C25H25Cl2N5O/c1-31(2)14-16-6-8-17(9-7-16)18-12-20(25(28)29-13-18)24-21(15-32(30-24)10-11-33)19-4-3-5-22(26)23(19)27/h3-9,12-13,15,33H,10-11,14H2,1-2H3,(H2,28,29). The molecule has 0 bridgehead atoms. The largest absolute Gasteiger partial charge is 0.394 e. The Hall–Kier alpha value is -2.90. The van der Waals surface area contributed by atoms with Crippen molar-refractivity contribution in [2.24, 2.45) is 0 Å². The molecule has 8 heteroatoms. The zero-order chi connectivity index (χ0) is 23.5. The number of pyridine rings is 1. The molecule has 0 atom stereocenters. The fraction of sp³-hybridized carbons (Fsp3) is 0.200. The zero-order valence-corrected chi connectivity index (χ0v) is 20.0. The second kappa shape index (κ2) is 9.93. The van der Waals surface area contributed by atoms with E-state index in [9.17, 15) is 5.11 Å². The van der Waals surface area contributed by atoms with Gasteiger partial charge < -0.3 is 15.7 Å². The van der Waals surface area contributed by atoms with E-state index in [4.69, 9.17) is 28.9 Å². The molecule has 6 nitrogen and oxygen atoms in total. The molecule has 2 aromatic heterocycles. The number of nitrogen functional groups attached to an aromatic ring is 1. The molecule has 170 valence electrons. The number of nitrogens with two attached hydrogens (primary N) is 1. The highest BCUT2D eigenvalue weighted by molar-refractivity contribution is 6.43. The first-order chi connectivity index (χ1) is 15.9. The number of hydrogen-bond acceptors (Lipinski definition) is 5. The van der Waals surface area contributed by atoms with E-state index in [1.807, 2.05) is 38.5 Å². The Balaban J connectivity index is 1.81. The smallest absolute Gasteiger partial charge is 0.132 e. The zero-order valence-electron chi connectivity index (χ0n) is 18.5. The van der Waals surface area contributed by atoms with Gasteiger partial charge in [0.1, 0.15) is 11.5 Å². The molecule has 0 spiro atoms. The number of halogens is 2. The van der Waals surface area contributed by atoms with Gasteiger partial charge in [0.25, 0.3) is 0 Å². The van der Waals surface area contributed by atoms with Crippen LogP contribution < -0.4 is 5.73 Å². The molecule has 0 amide bonds. The van der Waals surface area contributed by atoms with Crippen molar-refractivity contribution < 1.29 is 5.11 Å². The van der Waals surface area contributed by atoms with Gasteiger partial charge in [-0.1, -0.05) is 59.6 Å². The summed E-state index contributed by atoms with van der Waals surface area (Å²) in [6.45, 7) is 1.17. The van der Waals surface area contributed by atoms with Crippen LogP contribution in [0.3, 0.4) is 0 Å². The summed E-state index contributed by atoms with van der Waals surface area (Å²) in [4.78, 5) is 6.57. The number of hydrogen-bond donors (Lipinski definition) is 2. The molecule has 0 aliphatic rings. The molecule has 0 fully saturated rings. The van der Waals surface area contributed by atoms with Crippen LogP contribution in [0, 0.1) is 0 Å². The van der Waals surface area contributed by atoms with Gasteiger partial charge in [0.05, 0.1) is 23.2 Å². The number of nitrogens with zero attached hydrogens (tertiary/aromatic N) is 4. The molecule has 0 saturated carbocycles. The van der Waals surface area contributed by atoms with Crippen molar-refractivity contribution in [3.63, 3.8) is 0 Å². The molecule has 0 saturated heterocycles.